The minimum atomic E-state index is 0.597. The molecule has 0 unspecified atom stereocenters. The van der Waals surface area contributed by atoms with Gasteiger partial charge in [-0.05, 0) is 83.9 Å². The molecule has 11 aromatic rings. The second-order valence-corrected chi connectivity index (χ2v) is 14.0. The Labute approximate surface area is 316 Å². The molecule has 254 valence electrons. The SMILES string of the molecule is [C-]#[N+]c1cc(-c2cccc(-n3c4ccccc4c4cccc(-n5c6ccccc6c6cc(C#N)ccc65)c43)c2)ccc1-n1c2ccccc2c2ccccc21. The van der Waals surface area contributed by atoms with E-state index in [0.29, 0.717) is 11.3 Å². The lowest BCUT2D eigenvalue weighted by atomic mass is 10.0. The van der Waals surface area contributed by atoms with Crippen LogP contribution in [0.3, 0.4) is 0 Å². The predicted octanol–water partition coefficient (Wildman–Crippen LogP) is 13.1. The van der Waals surface area contributed by atoms with Crippen LogP contribution in [0.4, 0.5) is 5.69 Å². The number of hydrogen-bond acceptors (Lipinski definition) is 1. The monoisotopic (exact) mass is 699 g/mol. The van der Waals surface area contributed by atoms with E-state index in [1.165, 1.54) is 16.2 Å². The summed E-state index contributed by atoms with van der Waals surface area (Å²) >= 11 is 0. The fourth-order valence-electron chi connectivity index (χ4n) is 8.74. The number of aromatic nitrogens is 3. The highest BCUT2D eigenvalue weighted by Crippen LogP contribution is 2.41. The highest BCUT2D eigenvalue weighted by atomic mass is 15.1. The molecule has 0 spiro atoms. The normalized spacial score (nSPS) is 11.6. The van der Waals surface area contributed by atoms with E-state index in [4.69, 9.17) is 6.57 Å². The standard InChI is InChI=1S/C50H29N5/c1-52-42-30-34(25-27-48(42)54-44-20-7-2-14-36(44)37-15-3-8-21-45(37)54)33-12-10-13-35(29-33)53-43-19-6-4-16-38(43)40-18-11-23-49(50(40)53)55-46-22-9-5-17-39(46)41-28-32(31-51)24-26-47(41)55/h2-30H. The Morgan fingerprint density at radius 1 is 0.418 bits per heavy atom. The molecule has 0 fully saturated rings. The zero-order valence-electron chi connectivity index (χ0n) is 29.5. The van der Waals surface area contributed by atoms with Crippen molar-refractivity contribution >= 4 is 71.1 Å². The van der Waals surface area contributed by atoms with E-state index in [1.807, 2.05) is 18.2 Å². The highest BCUT2D eigenvalue weighted by molar-refractivity contribution is 6.15. The molecule has 11 rings (SSSR count). The van der Waals surface area contributed by atoms with Gasteiger partial charge in [-0.2, -0.15) is 5.26 Å². The van der Waals surface area contributed by atoms with Gasteiger partial charge >= 0.3 is 0 Å². The highest BCUT2D eigenvalue weighted by Gasteiger charge is 2.21. The number of nitriles is 1. The summed E-state index contributed by atoms with van der Waals surface area (Å²) in [5.41, 5.74) is 12.7. The van der Waals surface area contributed by atoms with E-state index < -0.39 is 0 Å². The van der Waals surface area contributed by atoms with Crippen LogP contribution in [0, 0.1) is 17.9 Å². The summed E-state index contributed by atoms with van der Waals surface area (Å²) in [5.74, 6) is 0. The zero-order valence-corrected chi connectivity index (χ0v) is 29.5. The Kier molecular flexibility index (Phi) is 6.61. The third-order valence-corrected chi connectivity index (χ3v) is 11.1. The summed E-state index contributed by atoms with van der Waals surface area (Å²) in [6, 6.07) is 63.5. The Bertz CT molecular complexity index is 3420. The van der Waals surface area contributed by atoms with Crippen LogP contribution >= 0.6 is 0 Å². The smallest absolute Gasteiger partial charge is 0.211 e. The lowest BCUT2D eigenvalue weighted by molar-refractivity contribution is 1.13. The molecule has 0 aliphatic carbocycles. The molecular weight excluding hydrogens is 671 g/mol. The summed E-state index contributed by atoms with van der Waals surface area (Å²) in [7, 11) is 0. The molecule has 0 saturated heterocycles. The van der Waals surface area contributed by atoms with Gasteiger partial charge in [0.05, 0.1) is 62.7 Å². The van der Waals surface area contributed by atoms with E-state index in [0.717, 1.165) is 77.4 Å². The first-order chi connectivity index (χ1) is 27.2. The molecule has 5 nitrogen and oxygen atoms in total. The Balaban J connectivity index is 1.13. The molecular formula is C50H29N5. The third kappa shape index (κ3) is 4.45. The summed E-state index contributed by atoms with van der Waals surface area (Å²) in [6.45, 7) is 8.32. The van der Waals surface area contributed by atoms with Gasteiger partial charge < -0.3 is 13.7 Å². The number of nitrogens with zero attached hydrogens (tertiary/aromatic N) is 5. The molecule has 0 aliphatic rings. The van der Waals surface area contributed by atoms with Crippen molar-refractivity contribution in [2.24, 2.45) is 0 Å². The average Bonchev–Trinajstić information content (AvgIpc) is 3.89. The number of benzene rings is 8. The van der Waals surface area contributed by atoms with E-state index in [9.17, 15) is 5.26 Å². The second-order valence-electron chi connectivity index (χ2n) is 14.0. The van der Waals surface area contributed by atoms with Gasteiger partial charge in [0.1, 0.15) is 0 Å². The molecule has 0 atom stereocenters. The Morgan fingerprint density at radius 2 is 0.945 bits per heavy atom. The molecule has 3 aromatic heterocycles. The lowest BCUT2D eigenvalue weighted by Crippen LogP contribution is -2.01. The zero-order chi connectivity index (χ0) is 36.6. The molecule has 0 bridgehead atoms. The van der Waals surface area contributed by atoms with Crippen molar-refractivity contribution in [3.8, 4) is 34.3 Å². The third-order valence-electron chi connectivity index (χ3n) is 11.1. The van der Waals surface area contributed by atoms with Crippen molar-refractivity contribution in [1.82, 2.24) is 13.7 Å². The van der Waals surface area contributed by atoms with Crippen LogP contribution in [0.1, 0.15) is 5.56 Å². The van der Waals surface area contributed by atoms with Crippen molar-refractivity contribution in [2.75, 3.05) is 0 Å². The largest absolute Gasteiger partial charge is 0.319 e. The van der Waals surface area contributed by atoms with Crippen molar-refractivity contribution < 1.29 is 0 Å². The van der Waals surface area contributed by atoms with Crippen molar-refractivity contribution in [3.63, 3.8) is 0 Å². The minimum absolute atomic E-state index is 0.597. The molecule has 0 radical (unpaired) electrons. The van der Waals surface area contributed by atoms with E-state index in [2.05, 4.69) is 182 Å². The maximum Gasteiger partial charge on any atom is 0.211 e. The van der Waals surface area contributed by atoms with Crippen LogP contribution in [-0.2, 0) is 0 Å². The first kappa shape index (κ1) is 30.7. The van der Waals surface area contributed by atoms with E-state index >= 15 is 0 Å². The van der Waals surface area contributed by atoms with E-state index in [-0.39, 0.29) is 0 Å². The van der Waals surface area contributed by atoms with Gasteiger partial charge in [-0.1, -0.05) is 103 Å². The summed E-state index contributed by atoms with van der Waals surface area (Å²) < 4.78 is 6.92. The maximum absolute atomic E-state index is 9.77. The molecule has 3 heterocycles. The first-order valence-electron chi connectivity index (χ1n) is 18.3. The average molecular weight is 700 g/mol. The van der Waals surface area contributed by atoms with Crippen LogP contribution in [-0.4, -0.2) is 13.7 Å². The van der Waals surface area contributed by atoms with Crippen LogP contribution in [0.5, 0.6) is 0 Å². The van der Waals surface area contributed by atoms with Crippen molar-refractivity contribution in [1.29, 1.82) is 5.26 Å². The van der Waals surface area contributed by atoms with Gasteiger partial charge in [0, 0.05) is 38.0 Å². The molecule has 0 aliphatic heterocycles. The summed E-state index contributed by atoms with van der Waals surface area (Å²) in [5, 5.41) is 16.6. The number of fused-ring (bicyclic) bond motifs is 9. The molecule has 55 heavy (non-hydrogen) atoms. The van der Waals surface area contributed by atoms with Gasteiger partial charge in [-0.15, -0.1) is 0 Å². The van der Waals surface area contributed by atoms with Crippen LogP contribution < -0.4 is 0 Å². The van der Waals surface area contributed by atoms with Crippen LogP contribution in [0.25, 0.3) is 98.5 Å². The van der Waals surface area contributed by atoms with E-state index in [1.54, 1.807) is 0 Å². The summed E-state index contributed by atoms with van der Waals surface area (Å²) in [6.07, 6.45) is 0. The molecule has 8 aromatic carbocycles. The topological polar surface area (TPSA) is 42.9 Å². The molecule has 5 heteroatoms. The first-order valence-corrected chi connectivity index (χ1v) is 18.3. The fraction of sp³-hybridized carbons (Fsp3) is 0. The van der Waals surface area contributed by atoms with Crippen LogP contribution in [0.15, 0.2) is 176 Å². The number of rotatable bonds is 4. The molecule has 0 amide bonds. The quantitative estimate of drug-likeness (QED) is 0.169. The van der Waals surface area contributed by atoms with Gasteiger partial charge in [0.25, 0.3) is 0 Å². The second kappa shape index (κ2) is 11.8. The molecule has 0 saturated carbocycles. The van der Waals surface area contributed by atoms with Crippen LogP contribution in [0.2, 0.25) is 0 Å². The number of para-hydroxylation sites is 5. The van der Waals surface area contributed by atoms with Gasteiger partial charge in [0.2, 0.25) is 5.69 Å². The predicted molar refractivity (Wildman–Crippen MR) is 226 cm³/mol. The minimum Gasteiger partial charge on any atom is -0.319 e. The van der Waals surface area contributed by atoms with Gasteiger partial charge in [-0.3, -0.25) is 0 Å². The van der Waals surface area contributed by atoms with Gasteiger partial charge in [0.15, 0.2) is 0 Å². The Hall–Kier alpha value is -7.86. The van der Waals surface area contributed by atoms with Crippen molar-refractivity contribution in [3.05, 3.63) is 193 Å². The lowest BCUT2D eigenvalue weighted by Gasteiger charge is -2.16. The maximum atomic E-state index is 9.77. The van der Waals surface area contributed by atoms with Gasteiger partial charge in [-0.25, -0.2) is 4.85 Å². The fourth-order valence-corrected chi connectivity index (χ4v) is 8.74. The number of hydrogen-bond donors (Lipinski definition) is 0. The summed E-state index contributed by atoms with van der Waals surface area (Å²) in [4.78, 5) is 4.08. The molecule has 0 N–H and O–H groups in total. The van der Waals surface area contributed by atoms with Crippen molar-refractivity contribution in [2.45, 2.75) is 0 Å². The Morgan fingerprint density at radius 3 is 1.60 bits per heavy atom.